The van der Waals surface area contributed by atoms with Crippen molar-refractivity contribution in [3.05, 3.63) is 82.2 Å². The number of benzene rings is 2. The summed E-state index contributed by atoms with van der Waals surface area (Å²) in [5.41, 5.74) is 5.62. The van der Waals surface area contributed by atoms with Crippen LogP contribution in [0.1, 0.15) is 16.8 Å². The van der Waals surface area contributed by atoms with Crippen LogP contribution < -0.4 is 5.32 Å². The quantitative estimate of drug-likeness (QED) is 0.479. The molecule has 1 N–H and O–H groups in total. The molecule has 130 valence electrons. The molecule has 4 aromatic rings. The standard InChI is InChI=1S/C21H19BrN4/c1-14-15(2)26(12-16-7-4-3-5-8-16)21-19(14)20(23-13-24-21)25-18-10-6-9-17(22)11-18/h3-11,13H,12H2,1-2H3,(H,23,24,25). The monoisotopic (exact) mass is 406 g/mol. The van der Waals surface area contributed by atoms with Crippen LogP contribution in [0, 0.1) is 13.8 Å². The van der Waals surface area contributed by atoms with E-state index in [9.17, 15) is 0 Å². The van der Waals surface area contributed by atoms with Gasteiger partial charge in [-0.05, 0) is 43.2 Å². The summed E-state index contributed by atoms with van der Waals surface area (Å²) in [6.45, 7) is 5.07. The van der Waals surface area contributed by atoms with Crippen LogP contribution in [0.2, 0.25) is 0 Å². The maximum Gasteiger partial charge on any atom is 0.146 e. The van der Waals surface area contributed by atoms with Gasteiger partial charge in [0.25, 0.3) is 0 Å². The zero-order chi connectivity index (χ0) is 18.1. The minimum absolute atomic E-state index is 0.796. The number of aromatic nitrogens is 3. The Morgan fingerprint density at radius 2 is 1.81 bits per heavy atom. The third kappa shape index (κ3) is 3.10. The third-order valence-electron chi connectivity index (χ3n) is 4.68. The van der Waals surface area contributed by atoms with E-state index < -0.39 is 0 Å². The number of nitrogens with one attached hydrogen (secondary N) is 1. The van der Waals surface area contributed by atoms with Gasteiger partial charge in [-0.25, -0.2) is 9.97 Å². The highest BCUT2D eigenvalue weighted by atomic mass is 79.9. The fourth-order valence-electron chi connectivity index (χ4n) is 3.23. The fourth-order valence-corrected chi connectivity index (χ4v) is 3.62. The topological polar surface area (TPSA) is 42.7 Å². The van der Waals surface area contributed by atoms with Gasteiger partial charge < -0.3 is 9.88 Å². The molecule has 0 saturated heterocycles. The van der Waals surface area contributed by atoms with E-state index in [0.29, 0.717) is 0 Å². The Labute approximate surface area is 161 Å². The van der Waals surface area contributed by atoms with Gasteiger partial charge >= 0.3 is 0 Å². The summed E-state index contributed by atoms with van der Waals surface area (Å²) in [5, 5.41) is 4.51. The van der Waals surface area contributed by atoms with Gasteiger partial charge in [0.2, 0.25) is 0 Å². The van der Waals surface area contributed by atoms with Crippen LogP contribution in [0.3, 0.4) is 0 Å². The van der Waals surface area contributed by atoms with E-state index in [1.165, 1.54) is 16.8 Å². The average molecular weight is 407 g/mol. The van der Waals surface area contributed by atoms with Crippen molar-refractivity contribution in [1.29, 1.82) is 0 Å². The van der Waals surface area contributed by atoms with Crippen molar-refractivity contribution in [1.82, 2.24) is 14.5 Å². The summed E-state index contributed by atoms with van der Waals surface area (Å²) in [6, 6.07) is 18.5. The molecular formula is C21H19BrN4. The first kappa shape index (κ1) is 16.8. The number of hydrogen-bond acceptors (Lipinski definition) is 3. The summed E-state index contributed by atoms with van der Waals surface area (Å²) in [4.78, 5) is 9.08. The van der Waals surface area contributed by atoms with Crippen LogP contribution in [-0.4, -0.2) is 14.5 Å². The van der Waals surface area contributed by atoms with Crippen molar-refractivity contribution in [3.8, 4) is 0 Å². The van der Waals surface area contributed by atoms with Crippen LogP contribution >= 0.6 is 15.9 Å². The van der Waals surface area contributed by atoms with E-state index >= 15 is 0 Å². The van der Waals surface area contributed by atoms with Crippen LogP contribution in [0.25, 0.3) is 11.0 Å². The number of hydrogen-bond donors (Lipinski definition) is 1. The van der Waals surface area contributed by atoms with Crippen molar-refractivity contribution in [2.45, 2.75) is 20.4 Å². The molecule has 0 bridgehead atoms. The van der Waals surface area contributed by atoms with E-state index in [2.05, 4.69) is 73.9 Å². The molecule has 0 fully saturated rings. The lowest BCUT2D eigenvalue weighted by molar-refractivity contribution is 0.790. The molecule has 2 aromatic carbocycles. The second-order valence-electron chi connectivity index (χ2n) is 6.34. The van der Waals surface area contributed by atoms with Crippen molar-refractivity contribution in [3.63, 3.8) is 0 Å². The molecule has 0 unspecified atom stereocenters. The zero-order valence-electron chi connectivity index (χ0n) is 14.7. The first-order valence-electron chi connectivity index (χ1n) is 8.50. The van der Waals surface area contributed by atoms with Gasteiger partial charge in [-0.3, -0.25) is 0 Å². The number of anilines is 2. The number of aryl methyl sites for hydroxylation is 1. The van der Waals surface area contributed by atoms with Gasteiger partial charge in [0.15, 0.2) is 0 Å². The van der Waals surface area contributed by atoms with E-state index in [0.717, 1.165) is 33.6 Å². The molecule has 0 radical (unpaired) electrons. The van der Waals surface area contributed by atoms with E-state index in [4.69, 9.17) is 0 Å². The molecule has 0 aliphatic carbocycles. The lowest BCUT2D eigenvalue weighted by Crippen LogP contribution is -2.03. The molecular weight excluding hydrogens is 388 g/mol. The molecule has 2 aromatic heterocycles. The number of halogens is 1. The Kier molecular flexibility index (Phi) is 4.47. The minimum atomic E-state index is 0.796. The summed E-state index contributed by atoms with van der Waals surface area (Å²) in [6.07, 6.45) is 1.63. The first-order chi connectivity index (χ1) is 12.6. The summed E-state index contributed by atoms with van der Waals surface area (Å²) in [5.74, 6) is 0.834. The number of fused-ring (bicyclic) bond motifs is 1. The van der Waals surface area contributed by atoms with Gasteiger partial charge in [-0.1, -0.05) is 52.3 Å². The van der Waals surface area contributed by atoms with Gasteiger partial charge in [-0.15, -0.1) is 0 Å². The lowest BCUT2D eigenvalue weighted by Gasteiger charge is -2.09. The second kappa shape index (κ2) is 6.92. The van der Waals surface area contributed by atoms with Crippen LogP contribution in [0.15, 0.2) is 65.4 Å². The number of nitrogens with zero attached hydrogens (tertiary/aromatic N) is 3. The normalized spacial score (nSPS) is 11.0. The highest BCUT2D eigenvalue weighted by molar-refractivity contribution is 9.10. The van der Waals surface area contributed by atoms with Crippen molar-refractivity contribution < 1.29 is 0 Å². The minimum Gasteiger partial charge on any atom is -0.340 e. The molecule has 2 heterocycles. The summed E-state index contributed by atoms with van der Waals surface area (Å²) >= 11 is 3.52. The maximum absolute atomic E-state index is 4.58. The van der Waals surface area contributed by atoms with Gasteiger partial charge in [0.05, 0.1) is 5.39 Å². The molecule has 0 aliphatic rings. The number of rotatable bonds is 4. The van der Waals surface area contributed by atoms with E-state index in [1.807, 2.05) is 30.3 Å². The molecule has 4 nitrogen and oxygen atoms in total. The Balaban J connectivity index is 1.80. The molecule has 5 heteroatoms. The van der Waals surface area contributed by atoms with Gasteiger partial charge in [0, 0.05) is 22.4 Å². The summed E-state index contributed by atoms with van der Waals surface area (Å²) < 4.78 is 3.29. The van der Waals surface area contributed by atoms with Crippen molar-refractivity contribution >= 4 is 38.5 Å². The highest BCUT2D eigenvalue weighted by Gasteiger charge is 2.16. The Morgan fingerprint density at radius 3 is 2.58 bits per heavy atom. The largest absolute Gasteiger partial charge is 0.340 e. The van der Waals surface area contributed by atoms with Gasteiger partial charge in [0.1, 0.15) is 17.8 Å². The Bertz CT molecular complexity index is 1070. The molecule has 0 amide bonds. The molecule has 0 spiro atoms. The maximum atomic E-state index is 4.58. The van der Waals surface area contributed by atoms with Crippen LogP contribution in [0.4, 0.5) is 11.5 Å². The van der Waals surface area contributed by atoms with Gasteiger partial charge in [-0.2, -0.15) is 0 Å². The predicted molar refractivity (Wildman–Crippen MR) is 110 cm³/mol. The molecule has 0 saturated carbocycles. The Morgan fingerprint density at radius 1 is 1.00 bits per heavy atom. The van der Waals surface area contributed by atoms with Crippen molar-refractivity contribution in [2.75, 3.05) is 5.32 Å². The predicted octanol–water partition coefficient (Wildman–Crippen LogP) is 5.60. The second-order valence-corrected chi connectivity index (χ2v) is 7.25. The van der Waals surface area contributed by atoms with E-state index in [-0.39, 0.29) is 0 Å². The van der Waals surface area contributed by atoms with Crippen LogP contribution in [-0.2, 0) is 6.54 Å². The van der Waals surface area contributed by atoms with Crippen molar-refractivity contribution in [2.24, 2.45) is 0 Å². The fraction of sp³-hybridized carbons (Fsp3) is 0.143. The highest BCUT2D eigenvalue weighted by Crippen LogP contribution is 2.31. The Hall–Kier alpha value is -2.66. The van der Waals surface area contributed by atoms with E-state index in [1.54, 1.807) is 6.33 Å². The first-order valence-corrected chi connectivity index (χ1v) is 9.29. The SMILES string of the molecule is Cc1c(C)n(Cc2ccccc2)c2ncnc(Nc3cccc(Br)c3)c12. The smallest absolute Gasteiger partial charge is 0.146 e. The average Bonchev–Trinajstić information content (AvgIpc) is 2.88. The molecule has 0 aliphatic heterocycles. The third-order valence-corrected chi connectivity index (χ3v) is 5.17. The van der Waals surface area contributed by atoms with Crippen LogP contribution in [0.5, 0.6) is 0 Å². The summed E-state index contributed by atoms with van der Waals surface area (Å²) in [7, 11) is 0. The zero-order valence-corrected chi connectivity index (χ0v) is 16.3. The molecule has 4 rings (SSSR count). The molecule has 26 heavy (non-hydrogen) atoms. The lowest BCUT2D eigenvalue weighted by atomic mass is 10.2. The molecule has 0 atom stereocenters.